The monoisotopic (exact) mass is 168 g/mol. The van der Waals surface area contributed by atoms with Crippen molar-refractivity contribution in [2.45, 2.75) is 13.8 Å². The Bertz CT molecular complexity index is 168. The molecule has 0 bridgehead atoms. The normalized spacial score (nSPS) is 8.67. The van der Waals surface area contributed by atoms with E-state index < -0.39 is 0 Å². The fourth-order valence-electron chi connectivity index (χ4n) is 0.637. The van der Waals surface area contributed by atoms with Crippen LogP contribution in [0.5, 0.6) is 0 Å². The number of rotatable bonds is 1. The molecule has 0 saturated carbocycles. The molecule has 0 fully saturated rings. The van der Waals surface area contributed by atoms with E-state index >= 15 is 0 Å². The minimum Gasteiger partial charge on any atom is -0.394 e. The summed E-state index contributed by atoms with van der Waals surface area (Å²) in [5.41, 5.74) is 2.66. The van der Waals surface area contributed by atoms with Crippen molar-refractivity contribution in [2.75, 3.05) is 13.2 Å². The van der Waals surface area contributed by atoms with E-state index in [4.69, 9.17) is 10.2 Å². The van der Waals surface area contributed by atoms with Gasteiger partial charge in [-0.25, -0.2) is 0 Å². The molecule has 2 heteroatoms. The molecule has 0 spiro atoms. The lowest BCUT2D eigenvalue weighted by atomic mass is 10.2. The molecule has 0 amide bonds. The van der Waals surface area contributed by atoms with E-state index in [2.05, 4.69) is 38.1 Å². The molecular weight excluding hydrogens is 152 g/mol. The van der Waals surface area contributed by atoms with Gasteiger partial charge in [-0.2, -0.15) is 0 Å². The van der Waals surface area contributed by atoms with E-state index in [0.717, 1.165) is 0 Å². The van der Waals surface area contributed by atoms with Crippen LogP contribution in [-0.4, -0.2) is 23.4 Å². The molecule has 68 valence electrons. The maximum Gasteiger partial charge on any atom is 0.0662 e. The van der Waals surface area contributed by atoms with Gasteiger partial charge in [0.05, 0.1) is 13.2 Å². The first-order chi connectivity index (χ1) is 5.70. The third kappa shape index (κ3) is 5.89. The number of benzene rings is 1. The second kappa shape index (κ2) is 6.83. The van der Waals surface area contributed by atoms with Crippen molar-refractivity contribution in [2.24, 2.45) is 0 Å². The Morgan fingerprint density at radius 2 is 1.08 bits per heavy atom. The fourth-order valence-corrected chi connectivity index (χ4v) is 0.637. The quantitative estimate of drug-likeness (QED) is 0.663. The van der Waals surface area contributed by atoms with E-state index in [0.29, 0.717) is 0 Å². The second-order valence-corrected chi connectivity index (χ2v) is 2.60. The molecule has 0 aliphatic carbocycles. The first-order valence-electron chi connectivity index (χ1n) is 3.95. The SMILES string of the molecule is Cc1ccc(C)cc1.OCCO. The molecule has 0 aliphatic heterocycles. The fraction of sp³-hybridized carbons (Fsp3) is 0.400. The zero-order valence-electron chi connectivity index (χ0n) is 7.62. The van der Waals surface area contributed by atoms with Gasteiger partial charge in [-0.05, 0) is 13.8 Å². The molecule has 2 N–H and O–H groups in total. The first-order valence-corrected chi connectivity index (χ1v) is 3.95. The molecule has 12 heavy (non-hydrogen) atoms. The highest BCUT2D eigenvalue weighted by Crippen LogP contribution is 1.99. The Morgan fingerprint density at radius 3 is 1.25 bits per heavy atom. The van der Waals surface area contributed by atoms with Crippen LogP contribution in [0.25, 0.3) is 0 Å². The van der Waals surface area contributed by atoms with Gasteiger partial charge in [0.2, 0.25) is 0 Å². The highest BCUT2D eigenvalue weighted by Gasteiger charge is 1.79. The van der Waals surface area contributed by atoms with Crippen molar-refractivity contribution < 1.29 is 10.2 Å². The van der Waals surface area contributed by atoms with E-state index in [1.807, 2.05) is 0 Å². The molecule has 0 aliphatic rings. The Morgan fingerprint density at radius 1 is 0.833 bits per heavy atom. The Balaban J connectivity index is 0.000000261. The van der Waals surface area contributed by atoms with Crippen LogP contribution in [0, 0.1) is 13.8 Å². The van der Waals surface area contributed by atoms with Crippen molar-refractivity contribution in [3.63, 3.8) is 0 Å². The molecule has 0 saturated heterocycles. The van der Waals surface area contributed by atoms with Crippen molar-refractivity contribution in [1.29, 1.82) is 0 Å². The highest BCUT2D eigenvalue weighted by molar-refractivity contribution is 5.19. The van der Waals surface area contributed by atoms with Crippen molar-refractivity contribution >= 4 is 0 Å². The third-order valence-corrected chi connectivity index (χ3v) is 1.32. The second-order valence-electron chi connectivity index (χ2n) is 2.60. The predicted octanol–water partition coefficient (Wildman–Crippen LogP) is 1.27. The van der Waals surface area contributed by atoms with Gasteiger partial charge >= 0.3 is 0 Å². The molecule has 1 aromatic carbocycles. The van der Waals surface area contributed by atoms with Gasteiger partial charge in [0.15, 0.2) is 0 Å². The topological polar surface area (TPSA) is 40.5 Å². The average Bonchev–Trinajstić information content (AvgIpc) is 2.11. The summed E-state index contributed by atoms with van der Waals surface area (Å²) in [7, 11) is 0. The lowest BCUT2D eigenvalue weighted by molar-refractivity contribution is 0.186. The summed E-state index contributed by atoms with van der Waals surface area (Å²) in [5, 5.41) is 15.2. The highest BCUT2D eigenvalue weighted by atomic mass is 16.3. The third-order valence-electron chi connectivity index (χ3n) is 1.32. The molecule has 1 aromatic rings. The van der Waals surface area contributed by atoms with Crippen LogP contribution in [0.1, 0.15) is 11.1 Å². The van der Waals surface area contributed by atoms with Crippen LogP contribution in [0.15, 0.2) is 24.3 Å². The lowest BCUT2D eigenvalue weighted by Crippen LogP contribution is -1.85. The summed E-state index contributed by atoms with van der Waals surface area (Å²) in [6, 6.07) is 8.48. The van der Waals surface area contributed by atoms with Crippen LogP contribution >= 0.6 is 0 Å². The molecule has 0 aromatic heterocycles. The van der Waals surface area contributed by atoms with Crippen LogP contribution in [0.4, 0.5) is 0 Å². The summed E-state index contributed by atoms with van der Waals surface area (Å²) in [5.74, 6) is 0. The van der Waals surface area contributed by atoms with Gasteiger partial charge in [-0.3, -0.25) is 0 Å². The van der Waals surface area contributed by atoms with Crippen LogP contribution in [0.3, 0.4) is 0 Å². The van der Waals surface area contributed by atoms with Crippen LogP contribution in [-0.2, 0) is 0 Å². The smallest absolute Gasteiger partial charge is 0.0662 e. The number of hydrogen-bond acceptors (Lipinski definition) is 2. The van der Waals surface area contributed by atoms with Gasteiger partial charge in [0.25, 0.3) is 0 Å². The molecule has 0 atom stereocenters. The maximum atomic E-state index is 7.62. The Hall–Kier alpha value is -0.860. The van der Waals surface area contributed by atoms with Gasteiger partial charge < -0.3 is 10.2 Å². The minimum absolute atomic E-state index is 0.125. The van der Waals surface area contributed by atoms with Crippen molar-refractivity contribution in [3.8, 4) is 0 Å². The summed E-state index contributed by atoms with van der Waals surface area (Å²) in [6.45, 7) is 3.94. The minimum atomic E-state index is -0.125. The number of aliphatic hydroxyl groups is 2. The number of hydrogen-bond donors (Lipinski definition) is 2. The van der Waals surface area contributed by atoms with Crippen molar-refractivity contribution in [1.82, 2.24) is 0 Å². The van der Waals surface area contributed by atoms with Crippen LogP contribution in [0.2, 0.25) is 0 Å². The molecule has 1 rings (SSSR count). The van der Waals surface area contributed by atoms with E-state index in [1.165, 1.54) is 11.1 Å². The van der Waals surface area contributed by atoms with Gasteiger partial charge in [0, 0.05) is 0 Å². The van der Waals surface area contributed by atoms with E-state index in [-0.39, 0.29) is 13.2 Å². The molecular formula is C10H16O2. The number of aryl methyl sites for hydroxylation is 2. The predicted molar refractivity (Wildman–Crippen MR) is 50.1 cm³/mol. The largest absolute Gasteiger partial charge is 0.394 e. The lowest BCUT2D eigenvalue weighted by Gasteiger charge is -1.90. The maximum absolute atomic E-state index is 7.62. The van der Waals surface area contributed by atoms with Gasteiger partial charge in [-0.15, -0.1) is 0 Å². The summed E-state index contributed by atoms with van der Waals surface area (Å²) in [4.78, 5) is 0. The van der Waals surface area contributed by atoms with Crippen LogP contribution < -0.4 is 0 Å². The van der Waals surface area contributed by atoms with E-state index in [9.17, 15) is 0 Å². The first kappa shape index (κ1) is 11.1. The Kier molecular flexibility index (Phi) is 6.34. The zero-order valence-corrected chi connectivity index (χ0v) is 7.62. The Labute approximate surface area is 73.5 Å². The molecule has 0 unspecified atom stereocenters. The number of aliphatic hydroxyl groups excluding tert-OH is 2. The molecule has 0 radical (unpaired) electrons. The van der Waals surface area contributed by atoms with Crippen molar-refractivity contribution in [3.05, 3.63) is 35.4 Å². The molecule has 2 nitrogen and oxygen atoms in total. The van der Waals surface area contributed by atoms with Gasteiger partial charge in [0.1, 0.15) is 0 Å². The average molecular weight is 168 g/mol. The zero-order chi connectivity index (χ0) is 9.40. The standard InChI is InChI=1S/C8H10.C2H6O2/c1-7-3-5-8(2)6-4-7;3-1-2-4/h3-6H,1-2H3;3-4H,1-2H2. The molecule has 0 heterocycles. The summed E-state index contributed by atoms with van der Waals surface area (Å²) < 4.78 is 0. The van der Waals surface area contributed by atoms with E-state index in [1.54, 1.807) is 0 Å². The summed E-state index contributed by atoms with van der Waals surface area (Å²) in [6.07, 6.45) is 0. The van der Waals surface area contributed by atoms with Gasteiger partial charge in [-0.1, -0.05) is 35.4 Å². The summed E-state index contributed by atoms with van der Waals surface area (Å²) >= 11 is 0.